The molecule has 94 valence electrons. The van der Waals surface area contributed by atoms with Crippen molar-refractivity contribution in [2.75, 3.05) is 42.8 Å². The number of aromatic nitrogens is 4. The maximum Gasteiger partial charge on any atom is 0.255 e. The molecule has 2 heterocycles. The van der Waals surface area contributed by atoms with E-state index in [-0.39, 0.29) is 19.2 Å². The third-order valence-corrected chi connectivity index (χ3v) is 2.34. The first kappa shape index (κ1) is 11.5. The van der Waals surface area contributed by atoms with Gasteiger partial charge in [0.05, 0.1) is 32.5 Å². The molecule has 9 heteroatoms. The Hall–Kier alpha value is -2.00. The first-order chi connectivity index (χ1) is 8.19. The molecule has 0 atom stereocenters. The normalized spacial score (nSPS) is 11.2. The van der Waals surface area contributed by atoms with E-state index >= 15 is 0 Å². The van der Waals surface area contributed by atoms with Crippen molar-refractivity contribution in [3.05, 3.63) is 6.20 Å². The van der Waals surface area contributed by atoms with Gasteiger partial charge in [0.1, 0.15) is 5.82 Å². The molecule has 0 aliphatic heterocycles. The number of rotatable bonds is 5. The predicted molar refractivity (Wildman–Crippen MR) is 61.9 cm³/mol. The Kier molecular flexibility index (Phi) is 3.02. The third kappa shape index (κ3) is 1.85. The molecule has 0 aliphatic rings. The summed E-state index contributed by atoms with van der Waals surface area (Å²) in [5, 5.41) is 19.6. The number of hydrogen-bond acceptors (Lipinski definition) is 7. The molecule has 9 nitrogen and oxygen atoms in total. The number of anilines is 2. The Morgan fingerprint density at radius 1 is 1.24 bits per heavy atom. The molecular weight excluding hydrogens is 226 g/mol. The van der Waals surface area contributed by atoms with Crippen LogP contribution < -0.4 is 16.5 Å². The van der Waals surface area contributed by atoms with Gasteiger partial charge in [-0.25, -0.2) is 4.98 Å². The Bertz CT molecular complexity index is 499. The molecule has 0 bridgehead atoms. The number of nitrogens with two attached hydrogens (primary N) is 2. The number of hydrogen-bond donors (Lipinski definition) is 4. The van der Waals surface area contributed by atoms with Gasteiger partial charge >= 0.3 is 0 Å². The summed E-state index contributed by atoms with van der Waals surface area (Å²) in [6.07, 6.45) is 1.47. The topological polar surface area (TPSA) is 131 Å². The summed E-state index contributed by atoms with van der Waals surface area (Å²) in [5.41, 5.74) is 11.5. The molecule has 2 rings (SSSR count). The van der Waals surface area contributed by atoms with Crippen LogP contribution in [-0.4, -0.2) is 55.8 Å². The van der Waals surface area contributed by atoms with Gasteiger partial charge in [-0.3, -0.25) is 5.01 Å². The Morgan fingerprint density at radius 3 is 2.47 bits per heavy atom. The molecule has 0 aliphatic carbocycles. The SMILES string of the molecule is Nc1nc2ncc(N)n2n1N(CCO)CCO. The van der Waals surface area contributed by atoms with Crippen LogP contribution in [0, 0.1) is 0 Å². The van der Waals surface area contributed by atoms with E-state index in [2.05, 4.69) is 9.97 Å². The number of aliphatic hydroxyl groups excluding tert-OH is 2. The van der Waals surface area contributed by atoms with Crippen molar-refractivity contribution in [3.63, 3.8) is 0 Å². The second-order valence-corrected chi connectivity index (χ2v) is 3.46. The zero-order valence-corrected chi connectivity index (χ0v) is 9.19. The minimum absolute atomic E-state index is 0.0757. The summed E-state index contributed by atoms with van der Waals surface area (Å²) < 4.78 is 1.51. The molecule has 0 radical (unpaired) electrons. The molecule has 17 heavy (non-hydrogen) atoms. The smallest absolute Gasteiger partial charge is 0.255 e. The van der Waals surface area contributed by atoms with Crippen LogP contribution in [0.15, 0.2) is 6.20 Å². The lowest BCUT2D eigenvalue weighted by Gasteiger charge is -2.24. The fourth-order valence-corrected chi connectivity index (χ4v) is 1.67. The third-order valence-electron chi connectivity index (χ3n) is 2.34. The standard InChI is InChI=1S/C8H15N7O2/c9-6-5-11-8-12-7(10)15(14(6)8)13(1-3-16)2-4-17/h5,16-17H,1-4,9H2,(H2,10,11,12). The fraction of sp³-hybridized carbons (Fsp3) is 0.500. The van der Waals surface area contributed by atoms with Crippen LogP contribution in [0.3, 0.4) is 0 Å². The first-order valence-electron chi connectivity index (χ1n) is 5.13. The van der Waals surface area contributed by atoms with E-state index in [0.717, 1.165) is 0 Å². The lowest BCUT2D eigenvalue weighted by atomic mass is 10.6. The summed E-state index contributed by atoms with van der Waals surface area (Å²) in [6.45, 7) is 0.448. The van der Waals surface area contributed by atoms with Gasteiger partial charge in [0.15, 0.2) is 0 Å². The van der Waals surface area contributed by atoms with Crippen LogP contribution in [0.1, 0.15) is 0 Å². The largest absolute Gasteiger partial charge is 0.394 e. The molecule has 0 unspecified atom stereocenters. The van der Waals surface area contributed by atoms with Crippen molar-refractivity contribution in [2.24, 2.45) is 0 Å². The van der Waals surface area contributed by atoms with E-state index in [0.29, 0.717) is 24.7 Å². The lowest BCUT2D eigenvalue weighted by molar-refractivity contribution is 0.260. The van der Waals surface area contributed by atoms with Crippen molar-refractivity contribution < 1.29 is 10.2 Å². The average Bonchev–Trinajstić information content (AvgIpc) is 2.78. The number of aliphatic hydroxyl groups is 2. The van der Waals surface area contributed by atoms with Gasteiger partial charge in [0, 0.05) is 0 Å². The van der Waals surface area contributed by atoms with Crippen molar-refractivity contribution in [1.29, 1.82) is 0 Å². The summed E-state index contributed by atoms with van der Waals surface area (Å²) in [4.78, 5) is 9.49. The minimum Gasteiger partial charge on any atom is -0.394 e. The molecule has 2 aromatic heterocycles. The van der Waals surface area contributed by atoms with Gasteiger partial charge in [0.2, 0.25) is 5.95 Å². The molecule has 0 aromatic carbocycles. The number of nitrogen functional groups attached to an aromatic ring is 2. The molecule has 0 spiro atoms. The van der Waals surface area contributed by atoms with Gasteiger partial charge in [-0.2, -0.15) is 14.3 Å². The van der Waals surface area contributed by atoms with Crippen LogP contribution in [0.5, 0.6) is 0 Å². The first-order valence-corrected chi connectivity index (χ1v) is 5.13. The quantitative estimate of drug-likeness (QED) is 0.459. The summed E-state index contributed by atoms with van der Waals surface area (Å²) in [5.74, 6) is 0.952. The van der Waals surface area contributed by atoms with Gasteiger partial charge < -0.3 is 21.7 Å². The van der Waals surface area contributed by atoms with Gasteiger partial charge in [0.25, 0.3) is 5.78 Å². The van der Waals surface area contributed by atoms with Gasteiger partial charge in [-0.15, -0.1) is 0 Å². The molecule has 0 amide bonds. The minimum atomic E-state index is -0.0757. The van der Waals surface area contributed by atoms with E-state index in [1.54, 1.807) is 5.01 Å². The van der Waals surface area contributed by atoms with Crippen LogP contribution in [0.4, 0.5) is 11.8 Å². The fourth-order valence-electron chi connectivity index (χ4n) is 1.67. The highest BCUT2D eigenvalue weighted by atomic mass is 16.3. The Labute approximate surface area is 96.8 Å². The molecule has 0 saturated heterocycles. The van der Waals surface area contributed by atoms with Crippen molar-refractivity contribution in [1.82, 2.24) is 19.3 Å². The lowest BCUT2D eigenvalue weighted by Crippen LogP contribution is -2.42. The zero-order valence-electron chi connectivity index (χ0n) is 9.19. The maximum absolute atomic E-state index is 8.99. The number of nitrogens with zero attached hydrogens (tertiary/aromatic N) is 5. The average molecular weight is 241 g/mol. The highest BCUT2D eigenvalue weighted by molar-refractivity contribution is 5.45. The summed E-state index contributed by atoms with van der Waals surface area (Å²) in [6, 6.07) is 0. The predicted octanol–water partition coefficient (Wildman–Crippen LogP) is -2.38. The van der Waals surface area contributed by atoms with Gasteiger partial charge in [-0.05, 0) is 0 Å². The summed E-state index contributed by atoms with van der Waals surface area (Å²) >= 11 is 0. The summed E-state index contributed by atoms with van der Waals surface area (Å²) in [7, 11) is 0. The Balaban J connectivity index is 2.49. The second-order valence-electron chi connectivity index (χ2n) is 3.46. The van der Waals surface area contributed by atoms with Crippen molar-refractivity contribution in [2.45, 2.75) is 0 Å². The van der Waals surface area contributed by atoms with Crippen LogP contribution >= 0.6 is 0 Å². The monoisotopic (exact) mass is 241 g/mol. The van der Waals surface area contributed by atoms with Crippen LogP contribution in [0.25, 0.3) is 5.78 Å². The van der Waals surface area contributed by atoms with E-state index in [4.69, 9.17) is 21.7 Å². The van der Waals surface area contributed by atoms with E-state index in [1.807, 2.05) is 0 Å². The maximum atomic E-state index is 8.99. The van der Waals surface area contributed by atoms with Crippen LogP contribution in [0.2, 0.25) is 0 Å². The molecule has 0 saturated carbocycles. The molecular formula is C8H15N7O2. The molecule has 2 aromatic rings. The molecule has 0 fully saturated rings. The second kappa shape index (κ2) is 4.47. The zero-order chi connectivity index (χ0) is 12.4. The van der Waals surface area contributed by atoms with Crippen LogP contribution in [-0.2, 0) is 0 Å². The molecule has 6 N–H and O–H groups in total. The number of imidazole rings is 1. The van der Waals surface area contributed by atoms with Crippen molar-refractivity contribution >= 4 is 17.5 Å². The van der Waals surface area contributed by atoms with Crippen molar-refractivity contribution in [3.8, 4) is 0 Å². The number of fused-ring (bicyclic) bond motifs is 1. The Morgan fingerprint density at radius 2 is 1.88 bits per heavy atom. The van der Waals surface area contributed by atoms with E-state index in [9.17, 15) is 0 Å². The van der Waals surface area contributed by atoms with Gasteiger partial charge in [-0.1, -0.05) is 0 Å². The van der Waals surface area contributed by atoms with E-state index in [1.165, 1.54) is 15.5 Å². The van der Waals surface area contributed by atoms with E-state index < -0.39 is 0 Å². The highest BCUT2D eigenvalue weighted by Crippen LogP contribution is 2.12. The highest BCUT2D eigenvalue weighted by Gasteiger charge is 2.16.